The summed E-state index contributed by atoms with van der Waals surface area (Å²) < 4.78 is 13.2. The van der Waals surface area contributed by atoms with E-state index in [9.17, 15) is 4.79 Å². The fraction of sp³-hybridized carbons (Fsp3) is 0.444. The molecule has 6 heteroatoms. The van der Waals surface area contributed by atoms with Crippen molar-refractivity contribution >= 4 is 59.1 Å². The molecular weight excluding hydrogens is 564 g/mol. The topological polar surface area (TPSA) is 35.5 Å². The largest absolute Gasteiger partial charge is 0.493 e. The third-order valence-corrected chi connectivity index (χ3v) is 7.62. The van der Waals surface area contributed by atoms with E-state index in [0.29, 0.717) is 39.9 Å². The number of rotatable bonds is 13. The normalized spacial score (nSPS) is 13.1. The zero-order chi connectivity index (χ0) is 23.8. The van der Waals surface area contributed by atoms with E-state index in [1.165, 1.54) is 0 Å². The molecule has 0 spiro atoms. The zero-order valence-corrected chi connectivity index (χ0v) is 23.5. The van der Waals surface area contributed by atoms with Crippen molar-refractivity contribution in [2.24, 2.45) is 0 Å². The first-order valence-electron chi connectivity index (χ1n) is 11.6. The van der Waals surface area contributed by atoms with Crippen LogP contribution >= 0.6 is 43.2 Å². The standard InChI is InChI=1S/C27H32Br2O3S/c1-4-24-26(23-11-5-6-12-25(23)33-24)27(30)20-15-21(31-13-7-9-18(2)28)17-22(16-20)32-14-8-10-19(3)29/h5-6,11-12,15-19H,4,7-10,13-14H2,1-3H3. The van der Waals surface area contributed by atoms with E-state index >= 15 is 0 Å². The molecule has 3 aromatic rings. The van der Waals surface area contributed by atoms with Crippen LogP contribution in [0.15, 0.2) is 42.5 Å². The number of aryl methyl sites for hydroxylation is 1. The van der Waals surface area contributed by atoms with Gasteiger partial charge in [0.2, 0.25) is 0 Å². The Morgan fingerprint density at radius 1 is 0.939 bits per heavy atom. The number of hydrogen-bond donors (Lipinski definition) is 0. The predicted octanol–water partition coefficient (Wildman–Crippen LogP) is 8.58. The van der Waals surface area contributed by atoms with E-state index in [1.54, 1.807) is 11.3 Å². The highest BCUT2D eigenvalue weighted by molar-refractivity contribution is 9.09. The SMILES string of the molecule is CCc1sc2ccccc2c1C(=O)c1cc(OCCCC(C)Br)cc(OCCCC(C)Br)c1. The highest BCUT2D eigenvalue weighted by atomic mass is 79.9. The molecule has 0 N–H and O–H groups in total. The van der Waals surface area contributed by atoms with Gasteiger partial charge in [-0.05, 0) is 50.3 Å². The Morgan fingerprint density at radius 2 is 1.52 bits per heavy atom. The number of ether oxygens (including phenoxy) is 2. The molecule has 3 nitrogen and oxygen atoms in total. The summed E-state index contributed by atoms with van der Waals surface area (Å²) in [7, 11) is 0. The summed E-state index contributed by atoms with van der Waals surface area (Å²) >= 11 is 8.86. The molecule has 0 aliphatic rings. The Labute approximate surface area is 218 Å². The molecule has 2 aromatic carbocycles. The minimum Gasteiger partial charge on any atom is -0.493 e. The second kappa shape index (κ2) is 12.9. The molecule has 0 radical (unpaired) electrons. The van der Waals surface area contributed by atoms with E-state index in [4.69, 9.17) is 9.47 Å². The first kappa shape index (κ1) is 26.2. The summed E-state index contributed by atoms with van der Waals surface area (Å²) in [6.45, 7) is 7.59. The first-order chi connectivity index (χ1) is 15.9. The van der Waals surface area contributed by atoms with Crippen LogP contribution in [0.1, 0.15) is 67.3 Å². The number of halogens is 2. The molecule has 0 saturated carbocycles. The third kappa shape index (κ3) is 7.56. The van der Waals surface area contributed by atoms with Gasteiger partial charge in [0.05, 0.1) is 13.2 Å². The number of thiophene rings is 1. The Balaban J connectivity index is 1.88. The molecule has 33 heavy (non-hydrogen) atoms. The average molecular weight is 596 g/mol. The maximum absolute atomic E-state index is 13.7. The van der Waals surface area contributed by atoms with Crippen molar-refractivity contribution < 1.29 is 14.3 Å². The highest BCUT2D eigenvalue weighted by Crippen LogP contribution is 2.35. The summed E-state index contributed by atoms with van der Waals surface area (Å²) in [5.41, 5.74) is 1.42. The molecule has 0 fully saturated rings. The van der Waals surface area contributed by atoms with Crippen molar-refractivity contribution in [1.82, 2.24) is 0 Å². The van der Waals surface area contributed by atoms with Crippen LogP contribution in [-0.2, 0) is 6.42 Å². The maximum Gasteiger partial charge on any atom is 0.195 e. The van der Waals surface area contributed by atoms with Gasteiger partial charge in [-0.2, -0.15) is 0 Å². The van der Waals surface area contributed by atoms with Gasteiger partial charge in [0, 0.05) is 41.8 Å². The summed E-state index contributed by atoms with van der Waals surface area (Å²) in [4.78, 5) is 15.8. The zero-order valence-electron chi connectivity index (χ0n) is 19.5. The van der Waals surface area contributed by atoms with Crippen LogP contribution in [0.25, 0.3) is 10.1 Å². The van der Waals surface area contributed by atoms with Crippen molar-refractivity contribution in [2.45, 2.75) is 62.5 Å². The number of carbonyl (C=O) groups excluding carboxylic acids is 1. The molecule has 1 aromatic heterocycles. The summed E-state index contributed by atoms with van der Waals surface area (Å²) in [5.74, 6) is 1.40. The third-order valence-electron chi connectivity index (χ3n) is 5.39. The predicted molar refractivity (Wildman–Crippen MR) is 147 cm³/mol. The smallest absolute Gasteiger partial charge is 0.195 e. The van der Waals surface area contributed by atoms with E-state index < -0.39 is 0 Å². The van der Waals surface area contributed by atoms with E-state index in [-0.39, 0.29) is 5.78 Å². The van der Waals surface area contributed by atoms with Gasteiger partial charge in [0.1, 0.15) is 11.5 Å². The molecule has 0 aliphatic carbocycles. The minimum absolute atomic E-state index is 0.0303. The fourth-order valence-electron chi connectivity index (χ4n) is 3.72. The molecule has 0 bridgehead atoms. The molecule has 0 amide bonds. The molecule has 0 saturated heterocycles. The lowest BCUT2D eigenvalue weighted by molar-refractivity contribution is 0.103. The van der Waals surface area contributed by atoms with Crippen LogP contribution in [-0.4, -0.2) is 28.7 Å². The summed E-state index contributed by atoms with van der Waals surface area (Å²) in [5, 5.41) is 1.02. The minimum atomic E-state index is 0.0303. The van der Waals surface area contributed by atoms with Crippen molar-refractivity contribution in [3.63, 3.8) is 0 Å². The lowest BCUT2D eigenvalue weighted by Gasteiger charge is -2.13. The molecule has 1 heterocycles. The molecule has 0 aliphatic heterocycles. The van der Waals surface area contributed by atoms with Gasteiger partial charge in [0.15, 0.2) is 5.78 Å². The van der Waals surface area contributed by atoms with Gasteiger partial charge in [-0.25, -0.2) is 0 Å². The van der Waals surface area contributed by atoms with Crippen LogP contribution in [0.4, 0.5) is 0 Å². The lowest BCUT2D eigenvalue weighted by atomic mass is 9.99. The van der Waals surface area contributed by atoms with Crippen LogP contribution in [0.2, 0.25) is 0 Å². The quantitative estimate of drug-likeness (QED) is 0.113. The van der Waals surface area contributed by atoms with Crippen molar-refractivity contribution in [2.75, 3.05) is 13.2 Å². The van der Waals surface area contributed by atoms with Crippen LogP contribution < -0.4 is 9.47 Å². The van der Waals surface area contributed by atoms with Gasteiger partial charge in [-0.1, -0.05) is 70.8 Å². The number of alkyl halides is 2. The molecule has 178 valence electrons. The molecule has 3 rings (SSSR count). The molecular formula is C27H32Br2O3S. The van der Waals surface area contributed by atoms with Crippen LogP contribution in [0, 0.1) is 0 Å². The van der Waals surface area contributed by atoms with Gasteiger partial charge < -0.3 is 9.47 Å². The fourth-order valence-corrected chi connectivity index (χ4v) is 5.51. The van der Waals surface area contributed by atoms with E-state index in [2.05, 4.69) is 58.7 Å². The van der Waals surface area contributed by atoms with E-state index in [1.807, 2.05) is 36.4 Å². The number of carbonyl (C=O) groups is 1. The molecule has 2 atom stereocenters. The second-order valence-corrected chi connectivity index (χ2v) is 12.6. The number of hydrogen-bond acceptors (Lipinski definition) is 4. The Morgan fingerprint density at radius 3 is 2.06 bits per heavy atom. The van der Waals surface area contributed by atoms with Crippen LogP contribution in [0.5, 0.6) is 11.5 Å². The lowest BCUT2D eigenvalue weighted by Crippen LogP contribution is -2.07. The summed E-state index contributed by atoms with van der Waals surface area (Å²) in [6.07, 6.45) is 4.79. The average Bonchev–Trinajstić information content (AvgIpc) is 3.17. The second-order valence-electron chi connectivity index (χ2n) is 8.32. The van der Waals surface area contributed by atoms with Gasteiger partial charge in [-0.3, -0.25) is 4.79 Å². The van der Waals surface area contributed by atoms with Gasteiger partial charge in [0.25, 0.3) is 0 Å². The number of benzene rings is 2. The monoisotopic (exact) mass is 594 g/mol. The van der Waals surface area contributed by atoms with Crippen molar-refractivity contribution in [3.8, 4) is 11.5 Å². The van der Waals surface area contributed by atoms with Gasteiger partial charge in [-0.15, -0.1) is 11.3 Å². The first-order valence-corrected chi connectivity index (χ1v) is 14.3. The summed E-state index contributed by atoms with van der Waals surface area (Å²) in [6, 6.07) is 13.8. The van der Waals surface area contributed by atoms with Crippen molar-refractivity contribution in [3.05, 3.63) is 58.5 Å². The van der Waals surface area contributed by atoms with Crippen molar-refractivity contribution in [1.29, 1.82) is 0 Å². The maximum atomic E-state index is 13.7. The Kier molecular flexibility index (Phi) is 10.3. The van der Waals surface area contributed by atoms with Crippen LogP contribution in [0.3, 0.4) is 0 Å². The highest BCUT2D eigenvalue weighted by Gasteiger charge is 2.21. The Bertz CT molecular complexity index is 1020. The number of fused-ring (bicyclic) bond motifs is 1. The van der Waals surface area contributed by atoms with E-state index in [0.717, 1.165) is 52.6 Å². The molecule has 2 unspecified atom stereocenters. The Hall–Kier alpha value is -1.37. The van der Waals surface area contributed by atoms with Gasteiger partial charge >= 0.3 is 0 Å². The number of ketones is 1.